The molecule has 16 unspecified atom stereocenters. The molecule has 80 heavy (non-hydrogen) atoms. The summed E-state index contributed by atoms with van der Waals surface area (Å²) in [5.74, 6) is 5.18. The standard InChI is InChI=1S/C72H95N3O5/c73-32-11-18-46-17-10-19-55-60(46)65(77)80-72(55)59-36-47(44-13-4-5-14-44)20-21-48-34-54-53(45-15-2-1-3-16-45)35-49-22-23-56-50-33-43-40-74(42-50)57(51-38-68(27-8-9-28-68)69(39-51)30-12-29-67(69)25-6-7-26-67)37-58(76)64-70(72)31-24-52(61(54)63(49)75(56)41-43)62(48)71(59,70)66(78)79-64/h10,17,19-21,43-45,47-48,50-51,53-54,56-57,59,61,76H,1-9,11-16,18,22-42,73H2. The first-order chi connectivity index (χ1) is 39.2. The van der Waals surface area contributed by atoms with Crippen LogP contribution in [-0.2, 0) is 26.3 Å². The molecule has 3 saturated heterocycles. The first-order valence-corrected chi connectivity index (χ1v) is 34.5. The van der Waals surface area contributed by atoms with Gasteiger partial charge in [0.05, 0.1) is 11.0 Å². The lowest BCUT2D eigenvalue weighted by atomic mass is 9.27. The molecule has 1 aromatic carbocycles. The van der Waals surface area contributed by atoms with E-state index in [0.29, 0.717) is 107 Å². The second-order valence-corrected chi connectivity index (χ2v) is 31.7. The lowest BCUT2D eigenvalue weighted by molar-refractivity contribution is -0.282. The summed E-state index contributed by atoms with van der Waals surface area (Å²) in [7, 11) is 0. The van der Waals surface area contributed by atoms with E-state index >= 15 is 9.59 Å². The third-order valence-electron chi connectivity index (χ3n) is 29.6. The summed E-state index contributed by atoms with van der Waals surface area (Å²) in [4.78, 5) is 38.6. The fraction of sp³-hybridized carbons (Fsp3) is 0.778. The van der Waals surface area contributed by atoms with E-state index in [-0.39, 0.29) is 35.7 Å². The molecule has 0 amide bonds. The van der Waals surface area contributed by atoms with Crippen LogP contribution in [-0.4, -0.2) is 65.1 Å². The number of piperidine rings is 2. The van der Waals surface area contributed by atoms with Crippen LogP contribution in [0.3, 0.4) is 0 Å². The highest BCUT2D eigenvalue weighted by Gasteiger charge is 2.94. The van der Waals surface area contributed by atoms with Crippen molar-refractivity contribution in [1.82, 2.24) is 9.80 Å². The van der Waals surface area contributed by atoms with E-state index in [1.807, 2.05) is 0 Å². The number of fused-ring (bicyclic) bond motifs is 5. The topological polar surface area (TPSA) is 105 Å². The van der Waals surface area contributed by atoms with Gasteiger partial charge in [0.15, 0.2) is 11.4 Å². The normalized spacial score (nSPS) is 46.1. The molecule has 0 radical (unpaired) electrons. The molecule has 9 heterocycles. The minimum absolute atomic E-state index is 0.116. The summed E-state index contributed by atoms with van der Waals surface area (Å²) in [5.41, 5.74) is 13.6. The third-order valence-corrected chi connectivity index (χ3v) is 29.6. The Balaban J connectivity index is 0.888. The first kappa shape index (κ1) is 50.0. The summed E-state index contributed by atoms with van der Waals surface area (Å²) in [6.07, 6.45) is 45.9. The highest BCUT2D eigenvalue weighted by Crippen LogP contribution is 2.89. The number of hydrogen-bond acceptors (Lipinski definition) is 8. The molecule has 16 atom stereocenters. The van der Waals surface area contributed by atoms with Crippen molar-refractivity contribution in [2.75, 3.05) is 26.2 Å². The average molecular weight is 1080 g/mol. The predicted molar refractivity (Wildman–Crippen MR) is 309 cm³/mol. The van der Waals surface area contributed by atoms with Crippen LogP contribution < -0.4 is 5.73 Å². The number of carbonyl (C=O) groups is 2. The number of ether oxygens (including phenoxy) is 2. The summed E-state index contributed by atoms with van der Waals surface area (Å²) in [6, 6.07) is 7.28. The van der Waals surface area contributed by atoms with Crippen molar-refractivity contribution in [3.63, 3.8) is 0 Å². The number of aliphatic hydroxyl groups excluding tert-OH is 1. The lowest BCUT2D eigenvalue weighted by Gasteiger charge is -2.73. The molecule has 8 heteroatoms. The lowest BCUT2D eigenvalue weighted by Crippen LogP contribution is -2.78. The Kier molecular flexibility index (Phi) is 11.0. The molecule has 0 aromatic heterocycles. The van der Waals surface area contributed by atoms with Gasteiger partial charge < -0.3 is 25.2 Å². The van der Waals surface area contributed by atoms with Crippen molar-refractivity contribution < 1.29 is 24.2 Å². The monoisotopic (exact) mass is 1080 g/mol. The van der Waals surface area contributed by atoms with E-state index in [1.165, 1.54) is 179 Å². The van der Waals surface area contributed by atoms with Crippen LogP contribution in [0.5, 0.6) is 0 Å². The minimum atomic E-state index is -1.14. The maximum atomic E-state index is 16.9. The molecule has 9 aliphatic heterocycles. The van der Waals surface area contributed by atoms with Crippen molar-refractivity contribution in [2.24, 2.45) is 97.9 Å². The van der Waals surface area contributed by atoms with E-state index in [1.54, 1.807) is 16.8 Å². The van der Waals surface area contributed by atoms with Gasteiger partial charge in [-0.05, 0) is 216 Å². The zero-order valence-corrected chi connectivity index (χ0v) is 48.6. The molecule has 12 bridgehead atoms. The Morgan fingerprint density at radius 3 is 2.31 bits per heavy atom. The van der Waals surface area contributed by atoms with Gasteiger partial charge in [-0.25, -0.2) is 4.79 Å². The summed E-state index contributed by atoms with van der Waals surface area (Å²) in [5, 5.41) is 14.2. The van der Waals surface area contributed by atoms with Gasteiger partial charge in [-0.2, -0.15) is 0 Å². The van der Waals surface area contributed by atoms with Gasteiger partial charge in [0, 0.05) is 61.2 Å². The van der Waals surface area contributed by atoms with Crippen LogP contribution >= 0.6 is 0 Å². The van der Waals surface area contributed by atoms with Gasteiger partial charge in [0.1, 0.15) is 11.2 Å². The average Bonchev–Trinajstić information content (AvgIpc) is 1.50. The second-order valence-electron chi connectivity index (χ2n) is 31.7. The maximum absolute atomic E-state index is 16.9. The predicted octanol–water partition coefficient (Wildman–Crippen LogP) is 14.7. The van der Waals surface area contributed by atoms with Crippen molar-refractivity contribution in [1.29, 1.82) is 0 Å². The van der Waals surface area contributed by atoms with Crippen molar-refractivity contribution >= 4 is 11.9 Å². The van der Waals surface area contributed by atoms with Gasteiger partial charge in [-0.1, -0.05) is 119 Å². The number of rotatable bonds is 6. The van der Waals surface area contributed by atoms with Gasteiger partial charge in [-0.3, -0.25) is 9.69 Å². The molecule has 1 aromatic rings. The zero-order valence-electron chi connectivity index (χ0n) is 48.6. The van der Waals surface area contributed by atoms with Crippen LogP contribution in [0.4, 0.5) is 0 Å². The summed E-state index contributed by atoms with van der Waals surface area (Å²) in [6.45, 7) is 3.96. The zero-order chi connectivity index (χ0) is 53.1. The number of esters is 2. The smallest absolute Gasteiger partial charge is 0.339 e. The Labute approximate surface area is 478 Å². The molecule has 8 nitrogen and oxygen atoms in total. The molecule has 3 N–H and O–H groups in total. The fourth-order valence-corrected chi connectivity index (χ4v) is 27.4. The molecule has 7 saturated carbocycles. The number of aliphatic hydroxyl groups is 1. The van der Waals surface area contributed by atoms with Crippen molar-refractivity contribution in [3.8, 4) is 0 Å². The molecule has 10 fully saturated rings. The number of hydrogen-bond donors (Lipinski definition) is 2. The van der Waals surface area contributed by atoms with Gasteiger partial charge >= 0.3 is 11.9 Å². The van der Waals surface area contributed by atoms with E-state index in [0.717, 1.165) is 55.8 Å². The van der Waals surface area contributed by atoms with E-state index in [2.05, 4.69) is 40.2 Å². The fourth-order valence-electron chi connectivity index (χ4n) is 27.4. The number of carbonyl (C=O) groups excluding carboxylic acids is 2. The largest absolute Gasteiger partial charge is 0.509 e. The van der Waals surface area contributed by atoms with E-state index in [9.17, 15) is 5.11 Å². The molecule has 428 valence electrons. The quantitative estimate of drug-likeness (QED) is 0.214. The number of benzene rings is 1. The molecular weight excluding hydrogens is 987 g/mol. The van der Waals surface area contributed by atoms with Crippen LogP contribution in [0.1, 0.15) is 227 Å². The molecule has 6 spiro atoms. The number of aryl methyl sites for hydroxylation is 1. The van der Waals surface area contributed by atoms with Gasteiger partial charge in [-0.15, -0.1) is 0 Å². The SMILES string of the molecule is NCCCc1cccc2c1C(=O)OC21C2CC(C3CCCC3)C=CC3CC4C5C6=C3C23C(=O)OC(=C(O)CC(C2CC7(CCCC7)C7(CCCC78CCCC8)C2)N2CC7CC(C2)C2CCC(=C5N2C7)CC4C2CCCCC2)C31CC6. The van der Waals surface area contributed by atoms with E-state index < -0.39 is 16.4 Å². The highest BCUT2D eigenvalue weighted by atomic mass is 16.6. The Morgan fingerprint density at radius 1 is 0.700 bits per heavy atom. The number of nitrogens with two attached hydrogens (primary N) is 1. The van der Waals surface area contributed by atoms with Crippen molar-refractivity contribution in [3.05, 3.63) is 81.0 Å². The van der Waals surface area contributed by atoms with Crippen LogP contribution in [0.2, 0.25) is 0 Å². The van der Waals surface area contributed by atoms with Crippen LogP contribution in [0.15, 0.2) is 64.3 Å². The Morgan fingerprint density at radius 2 is 1.49 bits per heavy atom. The second kappa shape index (κ2) is 17.6. The molecule has 21 rings (SSSR count). The van der Waals surface area contributed by atoms with Gasteiger partial charge in [0.25, 0.3) is 0 Å². The maximum Gasteiger partial charge on any atom is 0.339 e. The highest BCUT2D eigenvalue weighted by molar-refractivity contribution is 6.00. The first-order valence-electron chi connectivity index (χ1n) is 34.5. The van der Waals surface area contributed by atoms with Crippen LogP contribution in [0.25, 0.3) is 0 Å². The third kappa shape index (κ3) is 6.05. The van der Waals surface area contributed by atoms with E-state index in [4.69, 9.17) is 15.2 Å². The Bertz CT molecular complexity index is 2920. The molecule has 20 aliphatic rings. The van der Waals surface area contributed by atoms with Gasteiger partial charge in [0.2, 0.25) is 0 Å². The summed E-state index contributed by atoms with van der Waals surface area (Å²) < 4.78 is 15.0. The Hall–Kier alpha value is -3.36. The summed E-state index contributed by atoms with van der Waals surface area (Å²) >= 11 is 0. The number of allylic oxidation sites excluding steroid dienone is 4. The molecular formula is C72H95N3O5. The number of nitrogens with zero attached hydrogens (tertiary/aromatic N) is 2. The molecule has 11 aliphatic carbocycles. The van der Waals surface area contributed by atoms with Crippen LogP contribution in [0, 0.1) is 92.2 Å². The minimum Gasteiger partial charge on any atom is -0.509 e. The van der Waals surface area contributed by atoms with Crippen molar-refractivity contribution in [2.45, 2.75) is 230 Å².